The highest BCUT2D eigenvalue weighted by Gasteiger charge is 2.22. The van der Waals surface area contributed by atoms with Crippen LogP contribution in [0.4, 0.5) is 0 Å². The second-order valence-electron chi connectivity index (χ2n) is 4.71. The van der Waals surface area contributed by atoms with Gasteiger partial charge < -0.3 is 5.32 Å². The average Bonchev–Trinajstić information content (AvgIpc) is 2.82. The molecule has 0 saturated carbocycles. The molecule has 5 nitrogen and oxygen atoms in total. The van der Waals surface area contributed by atoms with Gasteiger partial charge in [-0.15, -0.1) is 11.3 Å². The lowest BCUT2D eigenvalue weighted by atomic mass is 10.2. The van der Waals surface area contributed by atoms with Gasteiger partial charge in [-0.3, -0.25) is 4.98 Å². The van der Waals surface area contributed by atoms with Gasteiger partial charge in [-0.2, -0.15) is 0 Å². The summed E-state index contributed by atoms with van der Waals surface area (Å²) in [7, 11) is -1.66. The molecule has 0 unspecified atom stereocenters. The third-order valence-corrected chi connectivity index (χ3v) is 5.95. The van der Waals surface area contributed by atoms with Gasteiger partial charge in [0.25, 0.3) is 0 Å². The van der Waals surface area contributed by atoms with Crippen molar-refractivity contribution in [2.45, 2.75) is 24.8 Å². The molecule has 2 heterocycles. The van der Waals surface area contributed by atoms with E-state index in [4.69, 9.17) is 0 Å². The van der Waals surface area contributed by atoms with Crippen LogP contribution in [0.5, 0.6) is 0 Å². The van der Waals surface area contributed by atoms with E-state index in [9.17, 15) is 8.42 Å². The molecule has 0 saturated heterocycles. The molecule has 114 valence electrons. The highest BCUT2D eigenvalue weighted by molar-refractivity contribution is 7.89. The molecule has 2 aromatic rings. The Labute approximate surface area is 129 Å². The molecule has 0 atom stereocenters. The zero-order valence-electron chi connectivity index (χ0n) is 12.1. The van der Waals surface area contributed by atoms with Crippen LogP contribution in [0.1, 0.15) is 16.0 Å². The summed E-state index contributed by atoms with van der Waals surface area (Å²) < 4.78 is 27.6. The van der Waals surface area contributed by atoms with E-state index in [2.05, 4.69) is 15.0 Å². The predicted molar refractivity (Wildman–Crippen MR) is 84.9 cm³/mol. The normalized spacial score (nSPS) is 11.7. The van der Waals surface area contributed by atoms with Crippen LogP contribution in [0.2, 0.25) is 0 Å². The van der Waals surface area contributed by atoms with Crippen molar-refractivity contribution >= 4 is 21.4 Å². The molecule has 0 spiro atoms. The first kappa shape index (κ1) is 16.1. The molecule has 7 heteroatoms. The van der Waals surface area contributed by atoms with Crippen molar-refractivity contribution in [2.75, 3.05) is 13.6 Å². The number of aromatic nitrogens is 1. The molecule has 2 aromatic heterocycles. The van der Waals surface area contributed by atoms with Crippen molar-refractivity contribution in [1.29, 1.82) is 0 Å². The van der Waals surface area contributed by atoms with Gasteiger partial charge in [0.1, 0.15) is 4.90 Å². The number of pyridine rings is 1. The van der Waals surface area contributed by atoms with Crippen molar-refractivity contribution in [3.05, 3.63) is 45.9 Å². The van der Waals surface area contributed by atoms with Crippen LogP contribution >= 0.6 is 11.3 Å². The zero-order chi connectivity index (χ0) is 15.3. The average molecular weight is 325 g/mol. The minimum absolute atomic E-state index is 0.363. The van der Waals surface area contributed by atoms with Crippen LogP contribution in [0.3, 0.4) is 0 Å². The quantitative estimate of drug-likeness (QED) is 0.813. The number of aryl methyl sites for hydroxylation is 1. The lowest BCUT2D eigenvalue weighted by molar-refractivity contribution is 0.580. The van der Waals surface area contributed by atoms with E-state index in [0.29, 0.717) is 24.4 Å². The van der Waals surface area contributed by atoms with Gasteiger partial charge in [0, 0.05) is 30.4 Å². The van der Waals surface area contributed by atoms with Crippen LogP contribution in [-0.2, 0) is 23.0 Å². The maximum atomic E-state index is 12.5. The molecule has 0 aliphatic rings. The number of nitrogens with zero attached hydrogens (tertiary/aromatic N) is 1. The Hall–Kier alpha value is -1.28. The van der Waals surface area contributed by atoms with Crippen molar-refractivity contribution < 1.29 is 8.42 Å². The monoisotopic (exact) mass is 325 g/mol. The molecule has 0 radical (unpaired) electrons. The van der Waals surface area contributed by atoms with Crippen LogP contribution in [-0.4, -0.2) is 27.0 Å². The first-order valence-electron chi connectivity index (χ1n) is 6.64. The van der Waals surface area contributed by atoms with E-state index in [0.717, 1.165) is 16.0 Å². The zero-order valence-corrected chi connectivity index (χ0v) is 13.7. The summed E-state index contributed by atoms with van der Waals surface area (Å²) in [5.74, 6) is 0. The van der Waals surface area contributed by atoms with Crippen LogP contribution in [0.15, 0.2) is 34.8 Å². The molecule has 0 amide bonds. The molecule has 21 heavy (non-hydrogen) atoms. The second-order valence-corrected chi connectivity index (χ2v) is 7.38. The molecular formula is C14H19N3O2S2. The maximum Gasteiger partial charge on any atom is 0.241 e. The molecule has 2 rings (SSSR count). The number of sulfonamides is 1. The summed E-state index contributed by atoms with van der Waals surface area (Å²) in [4.78, 5) is 5.27. The minimum Gasteiger partial charge on any atom is -0.315 e. The third-order valence-electron chi connectivity index (χ3n) is 3.02. The van der Waals surface area contributed by atoms with Gasteiger partial charge in [-0.05, 0) is 43.0 Å². The van der Waals surface area contributed by atoms with Gasteiger partial charge in [-0.1, -0.05) is 6.07 Å². The molecule has 2 N–H and O–H groups in total. The highest BCUT2D eigenvalue weighted by atomic mass is 32.2. The third kappa shape index (κ3) is 4.10. The molecule has 0 aromatic carbocycles. The summed E-state index contributed by atoms with van der Waals surface area (Å²) in [5.41, 5.74) is 1.80. The fourth-order valence-electron chi connectivity index (χ4n) is 2.08. The highest BCUT2D eigenvalue weighted by Crippen LogP contribution is 2.26. The topological polar surface area (TPSA) is 71.1 Å². The summed E-state index contributed by atoms with van der Waals surface area (Å²) in [5, 5.41) is 4.88. The Morgan fingerprint density at radius 1 is 1.38 bits per heavy atom. The van der Waals surface area contributed by atoms with Crippen molar-refractivity contribution in [1.82, 2.24) is 15.0 Å². The minimum atomic E-state index is -3.47. The molecule has 0 fully saturated rings. The van der Waals surface area contributed by atoms with E-state index in [1.165, 1.54) is 11.3 Å². The SMILES string of the molecule is CNCc1scc(C)c1S(=O)(=O)NCCc1cccnc1. The summed E-state index contributed by atoms with van der Waals surface area (Å²) in [6.45, 7) is 2.74. The van der Waals surface area contributed by atoms with Crippen LogP contribution in [0, 0.1) is 6.92 Å². The first-order valence-corrected chi connectivity index (χ1v) is 9.01. The fraction of sp³-hybridized carbons (Fsp3) is 0.357. The lowest BCUT2D eigenvalue weighted by Crippen LogP contribution is -2.27. The molecule has 0 aliphatic heterocycles. The van der Waals surface area contributed by atoms with Gasteiger partial charge >= 0.3 is 0 Å². The largest absolute Gasteiger partial charge is 0.315 e. The standard InChI is InChI=1S/C14H19N3O2S2/c1-11-10-20-13(9-15-2)14(11)21(18,19)17-7-5-12-4-3-6-16-8-12/h3-4,6,8,10,15,17H,5,7,9H2,1-2H3. The number of nitrogens with one attached hydrogen (secondary N) is 2. The van der Waals surface area contributed by atoms with Crippen LogP contribution < -0.4 is 10.0 Å². The predicted octanol–water partition coefficient (Wildman–Crippen LogP) is 1.69. The van der Waals surface area contributed by atoms with E-state index < -0.39 is 10.0 Å². The van der Waals surface area contributed by atoms with Gasteiger partial charge in [-0.25, -0.2) is 13.1 Å². The molecule has 0 bridgehead atoms. The van der Waals surface area contributed by atoms with Gasteiger partial charge in [0.05, 0.1) is 0 Å². The summed E-state index contributed by atoms with van der Waals surface area (Å²) in [6.07, 6.45) is 4.07. The van der Waals surface area contributed by atoms with E-state index >= 15 is 0 Å². The Morgan fingerprint density at radius 3 is 2.86 bits per heavy atom. The Morgan fingerprint density at radius 2 is 2.19 bits per heavy atom. The van der Waals surface area contributed by atoms with Crippen molar-refractivity contribution in [2.24, 2.45) is 0 Å². The number of thiophene rings is 1. The fourth-order valence-corrected chi connectivity index (χ4v) is 4.93. The number of rotatable bonds is 7. The molecular weight excluding hydrogens is 306 g/mol. The number of hydrogen-bond donors (Lipinski definition) is 2. The van der Waals surface area contributed by atoms with E-state index in [1.807, 2.05) is 24.4 Å². The Bertz CT molecular complexity index is 681. The Balaban J connectivity index is 2.07. The van der Waals surface area contributed by atoms with Crippen LogP contribution in [0.25, 0.3) is 0 Å². The number of hydrogen-bond acceptors (Lipinski definition) is 5. The first-order chi connectivity index (χ1) is 10.0. The van der Waals surface area contributed by atoms with Crippen molar-refractivity contribution in [3.8, 4) is 0 Å². The second kappa shape index (κ2) is 7.13. The molecule has 0 aliphatic carbocycles. The Kier molecular flexibility index (Phi) is 5.46. The van der Waals surface area contributed by atoms with Gasteiger partial charge in [0.15, 0.2) is 0 Å². The van der Waals surface area contributed by atoms with E-state index in [-0.39, 0.29) is 0 Å². The smallest absolute Gasteiger partial charge is 0.241 e. The summed E-state index contributed by atoms with van der Waals surface area (Å²) >= 11 is 1.47. The summed E-state index contributed by atoms with van der Waals surface area (Å²) in [6, 6.07) is 3.78. The van der Waals surface area contributed by atoms with Crippen molar-refractivity contribution in [3.63, 3.8) is 0 Å². The lowest BCUT2D eigenvalue weighted by Gasteiger charge is -2.09. The van der Waals surface area contributed by atoms with E-state index in [1.54, 1.807) is 19.4 Å². The maximum absolute atomic E-state index is 12.5. The van der Waals surface area contributed by atoms with Gasteiger partial charge in [0.2, 0.25) is 10.0 Å².